The van der Waals surface area contributed by atoms with E-state index in [1.165, 1.54) is 6.07 Å². The third kappa shape index (κ3) is 3.17. The van der Waals surface area contributed by atoms with Gasteiger partial charge < -0.3 is 4.74 Å². The summed E-state index contributed by atoms with van der Waals surface area (Å²) in [7, 11) is 0. The normalized spacial score (nSPS) is 10.2. The van der Waals surface area contributed by atoms with Gasteiger partial charge in [-0.05, 0) is 49.2 Å². The van der Waals surface area contributed by atoms with E-state index >= 15 is 0 Å². The van der Waals surface area contributed by atoms with E-state index in [2.05, 4.69) is 15.9 Å². The molecule has 0 aliphatic rings. The van der Waals surface area contributed by atoms with Gasteiger partial charge >= 0.3 is 0 Å². The van der Waals surface area contributed by atoms with E-state index in [9.17, 15) is 4.39 Å². The summed E-state index contributed by atoms with van der Waals surface area (Å²) in [5.74, 6) is 0.279. The first-order chi connectivity index (χ1) is 9.51. The Balaban J connectivity index is 2.15. The number of nitriles is 1. The number of hydrogen-bond donors (Lipinski definition) is 0. The molecule has 0 aromatic heterocycles. The average molecular weight is 334 g/mol. The van der Waals surface area contributed by atoms with Crippen LogP contribution in [0.2, 0.25) is 0 Å². The van der Waals surface area contributed by atoms with E-state index in [1.54, 1.807) is 12.1 Å². The summed E-state index contributed by atoms with van der Waals surface area (Å²) in [6, 6.07) is 10.1. The molecule has 0 fully saturated rings. The van der Waals surface area contributed by atoms with Crippen LogP contribution in [0, 0.1) is 31.0 Å². The van der Waals surface area contributed by atoms with Crippen LogP contribution in [-0.4, -0.2) is 0 Å². The lowest BCUT2D eigenvalue weighted by Gasteiger charge is -2.10. The van der Waals surface area contributed by atoms with Crippen LogP contribution < -0.4 is 4.74 Å². The van der Waals surface area contributed by atoms with Crippen molar-refractivity contribution in [1.82, 2.24) is 0 Å². The monoisotopic (exact) mass is 333 g/mol. The number of ether oxygens (including phenoxy) is 1. The highest BCUT2D eigenvalue weighted by Gasteiger charge is 2.07. The molecule has 0 unspecified atom stereocenters. The van der Waals surface area contributed by atoms with Gasteiger partial charge in [0, 0.05) is 10.0 Å². The molecule has 20 heavy (non-hydrogen) atoms. The number of nitrogens with zero attached hydrogens (tertiary/aromatic N) is 1. The average Bonchev–Trinajstić information content (AvgIpc) is 2.43. The zero-order valence-corrected chi connectivity index (χ0v) is 12.8. The van der Waals surface area contributed by atoms with Crippen molar-refractivity contribution in [2.24, 2.45) is 0 Å². The molecule has 0 N–H and O–H groups in total. The van der Waals surface area contributed by atoms with Crippen LogP contribution in [-0.2, 0) is 6.61 Å². The topological polar surface area (TPSA) is 33.0 Å². The highest BCUT2D eigenvalue weighted by molar-refractivity contribution is 9.10. The molecule has 4 heteroatoms. The van der Waals surface area contributed by atoms with Gasteiger partial charge in [-0.3, -0.25) is 0 Å². The van der Waals surface area contributed by atoms with Gasteiger partial charge in [0.25, 0.3) is 0 Å². The SMILES string of the molecule is Cc1cc(OCc2ccc(C#N)cc2F)cc(C)c1Br. The highest BCUT2D eigenvalue weighted by Crippen LogP contribution is 2.27. The predicted molar refractivity (Wildman–Crippen MR) is 79.1 cm³/mol. The number of halogens is 2. The molecule has 0 aliphatic heterocycles. The molecular weight excluding hydrogens is 321 g/mol. The third-order valence-electron chi connectivity index (χ3n) is 2.99. The van der Waals surface area contributed by atoms with E-state index in [-0.39, 0.29) is 6.61 Å². The Labute approximate surface area is 125 Å². The maximum atomic E-state index is 13.7. The quantitative estimate of drug-likeness (QED) is 0.818. The van der Waals surface area contributed by atoms with Crippen LogP contribution in [0.5, 0.6) is 5.75 Å². The van der Waals surface area contributed by atoms with E-state index < -0.39 is 5.82 Å². The van der Waals surface area contributed by atoms with Crippen LogP contribution in [0.4, 0.5) is 4.39 Å². The Morgan fingerprint density at radius 1 is 1.20 bits per heavy atom. The lowest BCUT2D eigenvalue weighted by Crippen LogP contribution is -1.99. The smallest absolute Gasteiger partial charge is 0.131 e. The maximum absolute atomic E-state index is 13.7. The summed E-state index contributed by atoms with van der Waals surface area (Å²) in [6.45, 7) is 4.09. The van der Waals surface area contributed by atoms with Gasteiger partial charge in [-0.15, -0.1) is 0 Å². The number of hydrogen-bond acceptors (Lipinski definition) is 2. The number of aryl methyl sites for hydroxylation is 2. The van der Waals surface area contributed by atoms with Crippen LogP contribution in [0.1, 0.15) is 22.3 Å². The summed E-state index contributed by atoms with van der Waals surface area (Å²) < 4.78 is 20.4. The summed E-state index contributed by atoms with van der Waals surface area (Å²) >= 11 is 3.49. The van der Waals surface area contributed by atoms with Crippen molar-refractivity contribution in [3.63, 3.8) is 0 Å². The van der Waals surface area contributed by atoms with Crippen molar-refractivity contribution in [2.45, 2.75) is 20.5 Å². The van der Waals surface area contributed by atoms with Gasteiger partial charge in [0.1, 0.15) is 18.2 Å². The second kappa shape index (κ2) is 6.06. The summed E-state index contributed by atoms with van der Waals surface area (Å²) in [6.07, 6.45) is 0. The summed E-state index contributed by atoms with van der Waals surface area (Å²) in [4.78, 5) is 0. The Hall–Kier alpha value is -1.86. The van der Waals surface area contributed by atoms with Crippen LogP contribution in [0.25, 0.3) is 0 Å². The Morgan fingerprint density at radius 3 is 2.40 bits per heavy atom. The summed E-state index contributed by atoms with van der Waals surface area (Å²) in [5.41, 5.74) is 2.88. The third-order valence-corrected chi connectivity index (χ3v) is 4.24. The zero-order chi connectivity index (χ0) is 14.7. The van der Waals surface area contributed by atoms with Gasteiger partial charge in [0.15, 0.2) is 0 Å². The van der Waals surface area contributed by atoms with E-state index in [0.29, 0.717) is 16.9 Å². The Bertz CT molecular complexity index is 668. The van der Waals surface area contributed by atoms with Crippen molar-refractivity contribution in [3.05, 3.63) is 62.9 Å². The first-order valence-electron chi connectivity index (χ1n) is 6.09. The van der Waals surface area contributed by atoms with Crippen molar-refractivity contribution >= 4 is 15.9 Å². The molecule has 0 amide bonds. The van der Waals surface area contributed by atoms with Gasteiger partial charge in [-0.2, -0.15) is 5.26 Å². The van der Waals surface area contributed by atoms with Gasteiger partial charge in [0.2, 0.25) is 0 Å². The first kappa shape index (κ1) is 14.5. The molecule has 0 heterocycles. The largest absolute Gasteiger partial charge is 0.489 e. The van der Waals surface area contributed by atoms with E-state index in [1.807, 2.05) is 32.0 Å². The second-order valence-electron chi connectivity index (χ2n) is 4.58. The molecule has 2 aromatic rings. The Morgan fingerprint density at radius 2 is 1.85 bits per heavy atom. The predicted octanol–water partition coefficient (Wildman–Crippen LogP) is 4.66. The second-order valence-corrected chi connectivity index (χ2v) is 5.37. The summed E-state index contributed by atoms with van der Waals surface area (Å²) in [5, 5.41) is 8.70. The van der Waals surface area contributed by atoms with Crippen molar-refractivity contribution < 1.29 is 9.13 Å². The molecule has 2 aromatic carbocycles. The van der Waals surface area contributed by atoms with Crippen LogP contribution in [0.15, 0.2) is 34.8 Å². The molecule has 0 spiro atoms. The van der Waals surface area contributed by atoms with Gasteiger partial charge in [-0.25, -0.2) is 4.39 Å². The molecule has 0 atom stereocenters. The molecule has 2 rings (SSSR count). The minimum Gasteiger partial charge on any atom is -0.489 e. The molecule has 0 aliphatic carbocycles. The molecule has 2 nitrogen and oxygen atoms in total. The lowest BCUT2D eigenvalue weighted by molar-refractivity contribution is 0.299. The molecule has 0 bridgehead atoms. The van der Waals surface area contributed by atoms with Crippen molar-refractivity contribution in [1.29, 1.82) is 5.26 Å². The fourth-order valence-electron chi connectivity index (χ4n) is 1.88. The minimum atomic E-state index is -0.422. The molecule has 0 saturated heterocycles. The van der Waals surface area contributed by atoms with E-state index in [4.69, 9.17) is 10.00 Å². The van der Waals surface area contributed by atoms with Crippen LogP contribution in [0.3, 0.4) is 0 Å². The van der Waals surface area contributed by atoms with Crippen LogP contribution >= 0.6 is 15.9 Å². The van der Waals surface area contributed by atoms with Gasteiger partial charge in [-0.1, -0.05) is 22.0 Å². The first-order valence-corrected chi connectivity index (χ1v) is 6.88. The Kier molecular flexibility index (Phi) is 4.41. The fraction of sp³-hybridized carbons (Fsp3) is 0.188. The number of rotatable bonds is 3. The molecule has 102 valence electrons. The van der Waals surface area contributed by atoms with Crippen molar-refractivity contribution in [3.8, 4) is 11.8 Å². The van der Waals surface area contributed by atoms with Crippen molar-refractivity contribution in [2.75, 3.05) is 0 Å². The lowest BCUT2D eigenvalue weighted by atomic mass is 10.1. The highest BCUT2D eigenvalue weighted by atomic mass is 79.9. The maximum Gasteiger partial charge on any atom is 0.131 e. The molecule has 0 saturated carbocycles. The molecule has 0 radical (unpaired) electrons. The fourth-order valence-corrected chi connectivity index (χ4v) is 2.11. The zero-order valence-electron chi connectivity index (χ0n) is 11.2. The van der Waals surface area contributed by atoms with Gasteiger partial charge in [0.05, 0.1) is 11.6 Å². The number of benzene rings is 2. The minimum absolute atomic E-state index is 0.137. The van der Waals surface area contributed by atoms with E-state index in [0.717, 1.165) is 15.6 Å². The standard InChI is InChI=1S/C16H13BrFNO/c1-10-5-14(6-11(2)16(10)17)20-9-13-4-3-12(8-19)7-15(13)18/h3-7H,9H2,1-2H3. The molecular formula is C16H13BrFNO.